The van der Waals surface area contributed by atoms with Gasteiger partial charge in [0.25, 0.3) is 0 Å². The summed E-state index contributed by atoms with van der Waals surface area (Å²) in [6, 6.07) is 39.0. The molecular formula is C37H26N4S. The highest BCUT2D eigenvalue weighted by Gasteiger charge is 2.37. The minimum Gasteiger partial charge on any atom is -0.309 e. The highest BCUT2D eigenvalue weighted by atomic mass is 32.1. The Morgan fingerprint density at radius 2 is 1.36 bits per heavy atom. The molecule has 0 amide bonds. The molecule has 8 aromatic rings. The van der Waals surface area contributed by atoms with Crippen molar-refractivity contribution >= 4 is 70.6 Å². The van der Waals surface area contributed by atoms with E-state index < -0.39 is 0 Å². The lowest BCUT2D eigenvalue weighted by Gasteiger charge is -2.36. The molecule has 0 spiro atoms. The minimum absolute atomic E-state index is 0.245. The van der Waals surface area contributed by atoms with Crippen LogP contribution in [0.1, 0.15) is 25.0 Å². The number of nitrogens with zero attached hydrogens (tertiary/aromatic N) is 4. The smallest absolute Gasteiger partial charge is 0.138 e. The van der Waals surface area contributed by atoms with Crippen molar-refractivity contribution in [2.45, 2.75) is 19.3 Å². The Hall–Kier alpha value is -5.00. The second kappa shape index (κ2) is 8.51. The van der Waals surface area contributed by atoms with E-state index in [0.717, 1.165) is 17.3 Å². The zero-order chi connectivity index (χ0) is 28.0. The van der Waals surface area contributed by atoms with Gasteiger partial charge in [-0.15, -0.1) is 11.3 Å². The van der Waals surface area contributed by atoms with E-state index in [1.807, 2.05) is 60.1 Å². The van der Waals surface area contributed by atoms with Crippen LogP contribution in [0.3, 0.4) is 0 Å². The highest BCUT2D eigenvalue weighted by molar-refractivity contribution is 7.26. The van der Waals surface area contributed by atoms with Gasteiger partial charge in [-0.3, -0.25) is 4.90 Å². The van der Waals surface area contributed by atoms with Crippen LogP contribution in [0.2, 0.25) is 0 Å². The lowest BCUT2D eigenvalue weighted by Crippen LogP contribution is -2.27. The van der Waals surface area contributed by atoms with E-state index in [-0.39, 0.29) is 5.41 Å². The zero-order valence-electron chi connectivity index (χ0n) is 23.2. The lowest BCUT2D eigenvalue weighted by atomic mass is 9.74. The standard InChI is InChI=1S/C37H26N4S/c1-37(2)27-21-23(40(32-15-7-9-19-38-32)33-16-8-10-20-39-33)17-18-30(27)41-29-13-5-3-12-25(29)34-35(41)28(37)22-26-24-11-4-6-14-31(24)42-36(26)34/h3-22H,1-2H3. The molecule has 9 rings (SSSR count). The summed E-state index contributed by atoms with van der Waals surface area (Å²) in [5.74, 6) is 1.68. The number of hydrogen-bond donors (Lipinski definition) is 0. The fourth-order valence-corrected chi connectivity index (χ4v) is 8.16. The number of hydrogen-bond acceptors (Lipinski definition) is 4. The fraction of sp³-hybridized carbons (Fsp3) is 0.0811. The molecule has 0 atom stereocenters. The van der Waals surface area contributed by atoms with Crippen LogP contribution in [-0.2, 0) is 5.41 Å². The molecule has 0 fully saturated rings. The van der Waals surface area contributed by atoms with Gasteiger partial charge >= 0.3 is 0 Å². The van der Waals surface area contributed by atoms with Crippen LogP contribution in [0.15, 0.2) is 122 Å². The lowest BCUT2D eigenvalue weighted by molar-refractivity contribution is 0.631. The monoisotopic (exact) mass is 558 g/mol. The predicted octanol–water partition coefficient (Wildman–Crippen LogP) is 10.1. The molecule has 1 aliphatic heterocycles. The van der Waals surface area contributed by atoms with Gasteiger partial charge in [-0.25, -0.2) is 9.97 Å². The number of pyridine rings is 2. The minimum atomic E-state index is -0.245. The summed E-state index contributed by atoms with van der Waals surface area (Å²) in [6.07, 6.45) is 3.67. The summed E-state index contributed by atoms with van der Waals surface area (Å²) in [7, 11) is 0. The maximum atomic E-state index is 4.72. The average molecular weight is 559 g/mol. The van der Waals surface area contributed by atoms with Gasteiger partial charge in [0.15, 0.2) is 0 Å². The van der Waals surface area contributed by atoms with Gasteiger partial charge in [0.1, 0.15) is 11.6 Å². The second-order valence-electron chi connectivity index (χ2n) is 11.5. The molecule has 1 aliphatic rings. The van der Waals surface area contributed by atoms with Crippen LogP contribution in [0.25, 0.3) is 47.7 Å². The molecular weight excluding hydrogens is 533 g/mol. The van der Waals surface area contributed by atoms with Crippen molar-refractivity contribution in [1.82, 2.24) is 14.5 Å². The Labute approximate surface area is 247 Å². The average Bonchev–Trinajstić information content (AvgIpc) is 3.57. The van der Waals surface area contributed by atoms with E-state index >= 15 is 0 Å². The zero-order valence-corrected chi connectivity index (χ0v) is 24.1. The topological polar surface area (TPSA) is 34.0 Å². The first kappa shape index (κ1) is 23.7. The first-order chi connectivity index (χ1) is 20.6. The van der Waals surface area contributed by atoms with Gasteiger partial charge in [0.05, 0.1) is 16.7 Å². The quantitative estimate of drug-likeness (QED) is 0.216. The molecule has 4 aromatic carbocycles. The molecule has 0 N–H and O–H groups in total. The van der Waals surface area contributed by atoms with Crippen LogP contribution < -0.4 is 4.90 Å². The second-order valence-corrected chi connectivity index (χ2v) is 12.6. The van der Waals surface area contributed by atoms with Crippen LogP contribution in [-0.4, -0.2) is 14.5 Å². The molecule has 0 unspecified atom stereocenters. The predicted molar refractivity (Wildman–Crippen MR) is 176 cm³/mol. The number of para-hydroxylation sites is 1. The Balaban J connectivity index is 1.39. The summed E-state index contributed by atoms with van der Waals surface area (Å²) in [4.78, 5) is 11.6. The Morgan fingerprint density at radius 3 is 2.10 bits per heavy atom. The SMILES string of the molecule is CC1(C)c2cc(N(c3ccccn3)c3ccccn3)ccc2-n2c3ccccc3c3c4sc5ccccc5c4cc1c32. The maximum absolute atomic E-state index is 4.72. The molecule has 0 saturated carbocycles. The Bertz CT molecular complexity index is 2290. The van der Waals surface area contributed by atoms with Crippen molar-refractivity contribution < 1.29 is 0 Å². The molecule has 200 valence electrons. The van der Waals surface area contributed by atoms with E-state index in [1.54, 1.807) is 0 Å². The van der Waals surface area contributed by atoms with E-state index in [0.29, 0.717) is 0 Å². The number of benzene rings is 4. The summed E-state index contributed by atoms with van der Waals surface area (Å²) in [5, 5.41) is 5.35. The molecule has 0 bridgehead atoms. The van der Waals surface area contributed by atoms with Crippen molar-refractivity contribution in [2.75, 3.05) is 4.90 Å². The van der Waals surface area contributed by atoms with Crippen LogP contribution in [0.5, 0.6) is 0 Å². The van der Waals surface area contributed by atoms with Crippen LogP contribution >= 0.6 is 11.3 Å². The fourth-order valence-electron chi connectivity index (χ4n) is 6.92. The van der Waals surface area contributed by atoms with E-state index in [4.69, 9.17) is 9.97 Å². The Morgan fingerprint density at radius 1 is 0.667 bits per heavy atom. The summed E-state index contributed by atoms with van der Waals surface area (Å²) < 4.78 is 5.21. The van der Waals surface area contributed by atoms with Gasteiger partial charge in [-0.2, -0.15) is 0 Å². The van der Waals surface area contributed by atoms with Crippen molar-refractivity contribution in [2.24, 2.45) is 0 Å². The first-order valence-electron chi connectivity index (χ1n) is 14.3. The molecule has 4 nitrogen and oxygen atoms in total. The van der Waals surface area contributed by atoms with Crippen molar-refractivity contribution in [1.29, 1.82) is 0 Å². The third-order valence-corrected chi connectivity index (χ3v) is 10.1. The van der Waals surface area contributed by atoms with Crippen molar-refractivity contribution in [3.8, 4) is 5.69 Å². The molecule has 4 aromatic heterocycles. The number of thiophene rings is 1. The maximum Gasteiger partial charge on any atom is 0.138 e. The molecule has 0 saturated heterocycles. The van der Waals surface area contributed by atoms with E-state index in [2.05, 4.69) is 96.1 Å². The van der Waals surface area contributed by atoms with Gasteiger partial charge in [0.2, 0.25) is 0 Å². The van der Waals surface area contributed by atoms with Crippen LogP contribution in [0.4, 0.5) is 17.3 Å². The Kier molecular flexibility index (Phi) is 4.80. The van der Waals surface area contributed by atoms with Crippen molar-refractivity contribution in [3.05, 3.63) is 133 Å². The first-order valence-corrected chi connectivity index (χ1v) is 15.1. The largest absolute Gasteiger partial charge is 0.309 e. The number of fused-ring (bicyclic) bond motifs is 9. The van der Waals surface area contributed by atoms with Gasteiger partial charge in [-0.05, 0) is 71.8 Å². The van der Waals surface area contributed by atoms with Gasteiger partial charge in [0, 0.05) is 54.4 Å². The van der Waals surface area contributed by atoms with Crippen molar-refractivity contribution in [3.63, 3.8) is 0 Å². The van der Waals surface area contributed by atoms with E-state index in [9.17, 15) is 0 Å². The normalized spacial score (nSPS) is 13.7. The van der Waals surface area contributed by atoms with Gasteiger partial charge in [-0.1, -0.05) is 62.4 Å². The third kappa shape index (κ3) is 3.11. The number of rotatable bonds is 3. The van der Waals surface area contributed by atoms with Gasteiger partial charge < -0.3 is 4.57 Å². The number of aromatic nitrogens is 3. The molecule has 0 radical (unpaired) electrons. The van der Waals surface area contributed by atoms with E-state index in [1.165, 1.54) is 58.8 Å². The summed E-state index contributed by atoms with van der Waals surface area (Å²) >= 11 is 1.91. The summed E-state index contributed by atoms with van der Waals surface area (Å²) in [6.45, 7) is 4.75. The molecule has 42 heavy (non-hydrogen) atoms. The molecule has 5 heterocycles. The summed E-state index contributed by atoms with van der Waals surface area (Å²) in [5.41, 5.74) is 7.23. The number of anilines is 3. The highest BCUT2D eigenvalue weighted by Crippen LogP contribution is 2.53. The van der Waals surface area contributed by atoms with Crippen LogP contribution in [0, 0.1) is 0 Å². The molecule has 5 heteroatoms. The molecule has 0 aliphatic carbocycles. The third-order valence-electron chi connectivity index (χ3n) is 8.86.